The molecule has 0 radical (unpaired) electrons. The van der Waals surface area contributed by atoms with Crippen LogP contribution in [0.3, 0.4) is 0 Å². The molecule has 1 aromatic carbocycles. The number of hydrogen-bond acceptors (Lipinski definition) is 3. The molecular weight excluding hydrogens is 284 g/mol. The number of carbonyl (C=O) groups excluding carboxylic acids is 1. The highest BCUT2D eigenvalue weighted by Gasteiger charge is 2.26. The third-order valence-electron chi connectivity index (χ3n) is 2.93. The second kappa shape index (κ2) is 5.68. The molecule has 0 aliphatic rings. The van der Waals surface area contributed by atoms with Gasteiger partial charge in [0.1, 0.15) is 22.8 Å². The number of benzene rings is 1. The number of nitrogens with one attached hydrogen (secondary N) is 1. The number of aliphatic hydroxyl groups is 1. The molecule has 0 aliphatic heterocycles. The van der Waals surface area contributed by atoms with Gasteiger partial charge in [-0.2, -0.15) is 11.3 Å². The number of hydrogen-bond donors (Lipinski definition) is 2. The lowest BCUT2D eigenvalue weighted by Gasteiger charge is -2.22. The van der Waals surface area contributed by atoms with E-state index < -0.39 is 28.7 Å². The Labute approximate surface area is 118 Å². The molecule has 0 aliphatic carbocycles. The molecule has 106 valence electrons. The lowest BCUT2D eigenvalue weighted by Crippen LogP contribution is -2.39. The van der Waals surface area contributed by atoms with Gasteiger partial charge in [0.25, 0.3) is 5.91 Å². The highest BCUT2D eigenvalue weighted by Crippen LogP contribution is 2.22. The fourth-order valence-corrected chi connectivity index (χ4v) is 2.51. The van der Waals surface area contributed by atoms with Gasteiger partial charge in [-0.1, -0.05) is 6.07 Å². The zero-order valence-electron chi connectivity index (χ0n) is 10.7. The molecule has 1 amide bonds. The van der Waals surface area contributed by atoms with Crippen LogP contribution in [0.2, 0.25) is 0 Å². The van der Waals surface area contributed by atoms with Crippen LogP contribution in [0, 0.1) is 11.6 Å². The van der Waals surface area contributed by atoms with Crippen LogP contribution >= 0.6 is 11.3 Å². The van der Waals surface area contributed by atoms with Crippen LogP contribution in [0.1, 0.15) is 22.8 Å². The Morgan fingerprint density at radius 3 is 2.55 bits per heavy atom. The summed E-state index contributed by atoms with van der Waals surface area (Å²) < 4.78 is 26.9. The molecule has 20 heavy (non-hydrogen) atoms. The SMILES string of the molecule is CC(O)(CNC(=O)c1c(F)cccc1F)c1ccsc1. The van der Waals surface area contributed by atoms with Gasteiger partial charge in [0.05, 0.1) is 6.54 Å². The van der Waals surface area contributed by atoms with Crippen molar-refractivity contribution in [2.75, 3.05) is 6.54 Å². The molecule has 1 heterocycles. The molecule has 3 nitrogen and oxygen atoms in total. The predicted molar refractivity (Wildman–Crippen MR) is 72.6 cm³/mol. The van der Waals surface area contributed by atoms with Crippen LogP contribution in [-0.4, -0.2) is 17.6 Å². The van der Waals surface area contributed by atoms with E-state index in [1.807, 2.05) is 0 Å². The molecule has 2 aromatic rings. The number of thiophene rings is 1. The van der Waals surface area contributed by atoms with Gasteiger partial charge < -0.3 is 10.4 Å². The Balaban J connectivity index is 2.10. The summed E-state index contributed by atoms with van der Waals surface area (Å²) in [4.78, 5) is 11.8. The van der Waals surface area contributed by atoms with Gasteiger partial charge in [0, 0.05) is 0 Å². The predicted octanol–water partition coefficient (Wildman–Crippen LogP) is 2.66. The van der Waals surface area contributed by atoms with Crippen LogP contribution in [-0.2, 0) is 5.60 Å². The summed E-state index contributed by atoms with van der Waals surface area (Å²) >= 11 is 1.41. The van der Waals surface area contributed by atoms with Crippen molar-refractivity contribution in [3.05, 3.63) is 57.8 Å². The fourth-order valence-electron chi connectivity index (χ4n) is 1.73. The third kappa shape index (κ3) is 3.02. The first kappa shape index (κ1) is 14.6. The van der Waals surface area contributed by atoms with Gasteiger partial charge in [0.2, 0.25) is 0 Å². The van der Waals surface area contributed by atoms with Gasteiger partial charge in [-0.3, -0.25) is 4.79 Å². The van der Waals surface area contributed by atoms with Crippen molar-refractivity contribution in [1.29, 1.82) is 0 Å². The molecule has 0 bridgehead atoms. The van der Waals surface area contributed by atoms with Gasteiger partial charge in [0.15, 0.2) is 0 Å². The first-order valence-electron chi connectivity index (χ1n) is 5.89. The molecule has 6 heteroatoms. The molecule has 0 saturated heterocycles. The second-order valence-electron chi connectivity index (χ2n) is 4.57. The number of rotatable bonds is 4. The molecule has 0 saturated carbocycles. The summed E-state index contributed by atoms with van der Waals surface area (Å²) in [6.07, 6.45) is 0. The number of carbonyl (C=O) groups is 1. The van der Waals surface area contributed by atoms with E-state index in [1.54, 1.807) is 16.8 Å². The summed E-state index contributed by atoms with van der Waals surface area (Å²) in [5, 5.41) is 16.1. The Morgan fingerprint density at radius 1 is 1.35 bits per heavy atom. The molecule has 2 rings (SSSR count). The van der Waals surface area contributed by atoms with E-state index >= 15 is 0 Å². The maximum absolute atomic E-state index is 13.4. The summed E-state index contributed by atoms with van der Waals surface area (Å²) in [5.41, 5.74) is -1.30. The quantitative estimate of drug-likeness (QED) is 0.911. The number of amides is 1. The Bertz CT molecular complexity index is 591. The van der Waals surface area contributed by atoms with Crippen LogP contribution in [0.15, 0.2) is 35.0 Å². The maximum Gasteiger partial charge on any atom is 0.257 e. The van der Waals surface area contributed by atoms with Gasteiger partial charge in [-0.25, -0.2) is 8.78 Å². The highest BCUT2D eigenvalue weighted by atomic mass is 32.1. The minimum Gasteiger partial charge on any atom is -0.384 e. The molecule has 1 aromatic heterocycles. The van der Waals surface area contributed by atoms with E-state index in [-0.39, 0.29) is 6.54 Å². The van der Waals surface area contributed by atoms with Gasteiger partial charge in [-0.05, 0) is 41.4 Å². The van der Waals surface area contributed by atoms with E-state index in [1.165, 1.54) is 24.3 Å². The zero-order chi connectivity index (χ0) is 14.8. The Hall–Kier alpha value is -1.79. The van der Waals surface area contributed by atoms with Gasteiger partial charge >= 0.3 is 0 Å². The first-order chi connectivity index (χ1) is 9.42. The van der Waals surface area contributed by atoms with Crippen LogP contribution < -0.4 is 5.32 Å². The van der Waals surface area contributed by atoms with Crippen molar-refractivity contribution < 1.29 is 18.7 Å². The average Bonchev–Trinajstić information content (AvgIpc) is 2.91. The van der Waals surface area contributed by atoms with E-state index in [4.69, 9.17) is 0 Å². The van der Waals surface area contributed by atoms with Gasteiger partial charge in [-0.15, -0.1) is 0 Å². The topological polar surface area (TPSA) is 49.3 Å². The van der Waals surface area contributed by atoms with E-state index in [2.05, 4.69) is 5.32 Å². The minimum atomic E-state index is -1.29. The van der Waals surface area contributed by atoms with E-state index in [9.17, 15) is 18.7 Å². The standard InChI is InChI=1S/C14H13F2NO2S/c1-14(19,9-5-6-20-7-9)8-17-13(18)12-10(15)3-2-4-11(12)16/h2-7,19H,8H2,1H3,(H,17,18). The first-order valence-corrected chi connectivity index (χ1v) is 6.83. The van der Waals surface area contributed by atoms with E-state index in [0.29, 0.717) is 5.56 Å². The van der Waals surface area contributed by atoms with E-state index in [0.717, 1.165) is 12.1 Å². The van der Waals surface area contributed by atoms with Crippen molar-refractivity contribution in [3.8, 4) is 0 Å². The van der Waals surface area contributed by atoms with Crippen LogP contribution in [0.25, 0.3) is 0 Å². The highest BCUT2D eigenvalue weighted by molar-refractivity contribution is 7.08. The summed E-state index contributed by atoms with van der Waals surface area (Å²) in [7, 11) is 0. The number of halogens is 2. The monoisotopic (exact) mass is 297 g/mol. The smallest absolute Gasteiger partial charge is 0.257 e. The summed E-state index contributed by atoms with van der Waals surface area (Å²) in [6, 6.07) is 4.92. The third-order valence-corrected chi connectivity index (χ3v) is 3.61. The van der Waals surface area contributed by atoms with Crippen LogP contribution in [0.4, 0.5) is 8.78 Å². The Morgan fingerprint density at radius 2 is 2.00 bits per heavy atom. The zero-order valence-corrected chi connectivity index (χ0v) is 11.5. The molecule has 2 N–H and O–H groups in total. The molecular formula is C14H13F2NO2S. The molecule has 0 spiro atoms. The molecule has 1 unspecified atom stereocenters. The normalized spacial score (nSPS) is 13.8. The largest absolute Gasteiger partial charge is 0.384 e. The summed E-state index contributed by atoms with van der Waals surface area (Å²) in [5.74, 6) is -2.76. The Kier molecular flexibility index (Phi) is 4.15. The lowest BCUT2D eigenvalue weighted by molar-refractivity contribution is 0.0527. The lowest BCUT2D eigenvalue weighted by atomic mass is 9.99. The fraction of sp³-hybridized carbons (Fsp3) is 0.214. The van der Waals surface area contributed by atoms with Crippen molar-refractivity contribution in [1.82, 2.24) is 5.32 Å². The molecule has 0 fully saturated rings. The van der Waals surface area contributed by atoms with Crippen molar-refractivity contribution in [2.45, 2.75) is 12.5 Å². The minimum absolute atomic E-state index is 0.143. The second-order valence-corrected chi connectivity index (χ2v) is 5.35. The summed E-state index contributed by atoms with van der Waals surface area (Å²) in [6.45, 7) is 1.38. The van der Waals surface area contributed by atoms with Crippen molar-refractivity contribution >= 4 is 17.2 Å². The average molecular weight is 297 g/mol. The van der Waals surface area contributed by atoms with Crippen molar-refractivity contribution in [3.63, 3.8) is 0 Å². The maximum atomic E-state index is 13.4. The molecule has 1 atom stereocenters. The van der Waals surface area contributed by atoms with Crippen molar-refractivity contribution in [2.24, 2.45) is 0 Å². The van der Waals surface area contributed by atoms with Crippen LogP contribution in [0.5, 0.6) is 0 Å².